The van der Waals surface area contributed by atoms with Gasteiger partial charge in [-0.1, -0.05) is 13.0 Å². The van der Waals surface area contributed by atoms with E-state index in [0.717, 1.165) is 23.5 Å². The van der Waals surface area contributed by atoms with Crippen LogP contribution in [0.15, 0.2) is 12.1 Å². The highest BCUT2D eigenvalue weighted by molar-refractivity contribution is 5.53. The molecule has 0 N–H and O–H groups in total. The maximum absolute atomic E-state index is 5.69. The van der Waals surface area contributed by atoms with Crippen molar-refractivity contribution in [2.75, 3.05) is 19.9 Å². The first kappa shape index (κ1) is 11.6. The van der Waals surface area contributed by atoms with Crippen LogP contribution in [0.3, 0.4) is 0 Å². The molecular formula is C16H21NO2. The number of ether oxygens (including phenoxy) is 2. The summed E-state index contributed by atoms with van der Waals surface area (Å²) in [5, 5.41) is 0. The molecule has 1 aromatic carbocycles. The minimum Gasteiger partial charge on any atom is -0.454 e. The Balaban J connectivity index is 1.71. The summed E-state index contributed by atoms with van der Waals surface area (Å²) in [4.78, 5) is 2.67. The van der Waals surface area contributed by atoms with E-state index >= 15 is 0 Å². The van der Waals surface area contributed by atoms with E-state index in [1.807, 2.05) is 0 Å². The van der Waals surface area contributed by atoms with Crippen molar-refractivity contribution in [2.45, 2.75) is 38.6 Å². The standard InChI is InChI=1S/C16H21NO2/c1-2-17-7-3-4-12-8-13-11(9-14(12)17)5-6-15-16(13)19-10-18-15/h5-6,12,14H,2-4,7-10H2,1H3. The van der Waals surface area contributed by atoms with Crippen molar-refractivity contribution in [3.8, 4) is 11.5 Å². The molecule has 1 aromatic rings. The van der Waals surface area contributed by atoms with Gasteiger partial charge in [-0.05, 0) is 56.3 Å². The van der Waals surface area contributed by atoms with E-state index in [1.54, 1.807) is 0 Å². The van der Waals surface area contributed by atoms with Gasteiger partial charge in [0.25, 0.3) is 0 Å². The van der Waals surface area contributed by atoms with E-state index < -0.39 is 0 Å². The molecule has 3 heteroatoms. The van der Waals surface area contributed by atoms with Gasteiger partial charge >= 0.3 is 0 Å². The lowest BCUT2D eigenvalue weighted by Gasteiger charge is -2.44. The second-order valence-corrected chi connectivity index (χ2v) is 5.94. The number of hydrogen-bond acceptors (Lipinski definition) is 3. The van der Waals surface area contributed by atoms with Crippen molar-refractivity contribution in [3.05, 3.63) is 23.3 Å². The fourth-order valence-electron chi connectivity index (χ4n) is 4.11. The summed E-state index contributed by atoms with van der Waals surface area (Å²) in [6.45, 7) is 5.14. The molecule has 3 aliphatic rings. The van der Waals surface area contributed by atoms with Gasteiger partial charge in [-0.2, -0.15) is 0 Å². The number of nitrogens with zero attached hydrogens (tertiary/aromatic N) is 1. The average Bonchev–Trinajstić information content (AvgIpc) is 2.93. The third-order valence-electron chi connectivity index (χ3n) is 5.07. The Kier molecular flexibility index (Phi) is 2.69. The maximum atomic E-state index is 5.69. The van der Waals surface area contributed by atoms with Crippen molar-refractivity contribution < 1.29 is 9.47 Å². The van der Waals surface area contributed by atoms with E-state index in [2.05, 4.69) is 24.0 Å². The third kappa shape index (κ3) is 1.75. The molecule has 102 valence electrons. The molecule has 0 spiro atoms. The molecule has 1 aliphatic carbocycles. The highest BCUT2D eigenvalue weighted by Crippen LogP contribution is 2.44. The van der Waals surface area contributed by atoms with Crippen molar-refractivity contribution >= 4 is 0 Å². The van der Waals surface area contributed by atoms with Gasteiger partial charge in [0.15, 0.2) is 11.5 Å². The van der Waals surface area contributed by atoms with Gasteiger partial charge in [0.1, 0.15) is 0 Å². The van der Waals surface area contributed by atoms with Crippen LogP contribution in [-0.4, -0.2) is 30.8 Å². The lowest BCUT2D eigenvalue weighted by Crippen LogP contribution is -2.48. The fourth-order valence-corrected chi connectivity index (χ4v) is 4.11. The van der Waals surface area contributed by atoms with Crippen molar-refractivity contribution in [1.82, 2.24) is 4.90 Å². The molecular weight excluding hydrogens is 238 g/mol. The summed E-state index contributed by atoms with van der Waals surface area (Å²) in [6, 6.07) is 5.08. The van der Waals surface area contributed by atoms with Crippen LogP contribution in [0, 0.1) is 5.92 Å². The lowest BCUT2D eigenvalue weighted by atomic mass is 9.75. The predicted octanol–water partition coefficient (Wildman–Crippen LogP) is 2.61. The second-order valence-electron chi connectivity index (χ2n) is 5.94. The van der Waals surface area contributed by atoms with E-state index in [-0.39, 0.29) is 0 Å². The predicted molar refractivity (Wildman–Crippen MR) is 73.7 cm³/mol. The van der Waals surface area contributed by atoms with Gasteiger partial charge in [0.2, 0.25) is 6.79 Å². The summed E-state index contributed by atoms with van der Waals surface area (Å²) in [5.74, 6) is 2.78. The summed E-state index contributed by atoms with van der Waals surface area (Å²) in [5.41, 5.74) is 2.90. The Hall–Kier alpha value is -1.22. The molecule has 1 saturated heterocycles. The summed E-state index contributed by atoms with van der Waals surface area (Å²) >= 11 is 0. The van der Waals surface area contributed by atoms with Crippen LogP contribution >= 0.6 is 0 Å². The largest absolute Gasteiger partial charge is 0.454 e. The molecule has 3 nitrogen and oxygen atoms in total. The molecule has 0 aromatic heterocycles. The molecule has 2 aliphatic heterocycles. The van der Waals surface area contributed by atoms with Crippen LogP contribution in [0.5, 0.6) is 11.5 Å². The zero-order valence-corrected chi connectivity index (χ0v) is 11.5. The fraction of sp³-hybridized carbons (Fsp3) is 0.625. The molecule has 0 amide bonds. The van der Waals surface area contributed by atoms with E-state index in [9.17, 15) is 0 Å². The number of rotatable bonds is 1. The number of benzene rings is 1. The molecule has 1 fully saturated rings. The van der Waals surface area contributed by atoms with Crippen LogP contribution in [0.1, 0.15) is 30.9 Å². The number of fused-ring (bicyclic) bond motifs is 4. The van der Waals surface area contributed by atoms with E-state index in [0.29, 0.717) is 6.79 Å². The average molecular weight is 259 g/mol. The highest BCUT2D eigenvalue weighted by Gasteiger charge is 2.37. The monoisotopic (exact) mass is 259 g/mol. The Morgan fingerprint density at radius 2 is 2.21 bits per heavy atom. The number of likely N-dealkylation sites (N-methyl/N-ethyl adjacent to an activating group) is 1. The summed E-state index contributed by atoms with van der Waals surface area (Å²) < 4.78 is 11.2. The molecule has 4 rings (SSSR count). The van der Waals surface area contributed by atoms with Crippen molar-refractivity contribution in [1.29, 1.82) is 0 Å². The number of likely N-dealkylation sites (tertiary alicyclic amines) is 1. The Morgan fingerprint density at radius 3 is 3.11 bits per heavy atom. The lowest BCUT2D eigenvalue weighted by molar-refractivity contribution is 0.0900. The summed E-state index contributed by atoms with van der Waals surface area (Å²) in [7, 11) is 0. The molecule has 2 unspecified atom stereocenters. The minimum absolute atomic E-state index is 0.390. The van der Waals surface area contributed by atoms with Crippen LogP contribution in [0.2, 0.25) is 0 Å². The van der Waals surface area contributed by atoms with Crippen LogP contribution in [0.25, 0.3) is 0 Å². The SMILES string of the molecule is CCN1CCCC2Cc3c(ccc4c3OCO4)CC21. The molecule has 0 saturated carbocycles. The first-order valence-electron chi connectivity index (χ1n) is 7.51. The Labute approximate surface area is 114 Å². The smallest absolute Gasteiger partial charge is 0.231 e. The second kappa shape index (κ2) is 4.41. The third-order valence-corrected chi connectivity index (χ3v) is 5.07. The van der Waals surface area contributed by atoms with E-state index in [4.69, 9.17) is 9.47 Å². The summed E-state index contributed by atoms with van der Waals surface area (Å²) in [6.07, 6.45) is 5.06. The molecule has 0 bridgehead atoms. The van der Waals surface area contributed by atoms with Crippen molar-refractivity contribution in [2.24, 2.45) is 5.92 Å². The minimum atomic E-state index is 0.390. The van der Waals surface area contributed by atoms with Crippen LogP contribution < -0.4 is 9.47 Å². The van der Waals surface area contributed by atoms with Crippen molar-refractivity contribution in [3.63, 3.8) is 0 Å². The van der Waals surface area contributed by atoms with Gasteiger partial charge in [-0.15, -0.1) is 0 Å². The molecule has 2 heterocycles. The quantitative estimate of drug-likeness (QED) is 0.774. The van der Waals surface area contributed by atoms with Crippen LogP contribution in [-0.2, 0) is 12.8 Å². The van der Waals surface area contributed by atoms with Crippen LogP contribution in [0.4, 0.5) is 0 Å². The van der Waals surface area contributed by atoms with Gasteiger partial charge < -0.3 is 14.4 Å². The zero-order chi connectivity index (χ0) is 12.8. The maximum Gasteiger partial charge on any atom is 0.231 e. The first-order valence-corrected chi connectivity index (χ1v) is 7.51. The van der Waals surface area contributed by atoms with Gasteiger partial charge in [0.05, 0.1) is 0 Å². The van der Waals surface area contributed by atoms with Gasteiger partial charge in [0, 0.05) is 11.6 Å². The molecule has 2 atom stereocenters. The molecule has 19 heavy (non-hydrogen) atoms. The molecule has 0 radical (unpaired) electrons. The zero-order valence-electron chi connectivity index (χ0n) is 11.5. The van der Waals surface area contributed by atoms with Gasteiger partial charge in [-0.25, -0.2) is 0 Å². The topological polar surface area (TPSA) is 21.7 Å². The Morgan fingerprint density at radius 1 is 1.26 bits per heavy atom. The van der Waals surface area contributed by atoms with Gasteiger partial charge in [-0.3, -0.25) is 0 Å². The highest BCUT2D eigenvalue weighted by atomic mass is 16.7. The number of piperidine rings is 1. The Bertz CT molecular complexity index is 500. The first-order chi connectivity index (χ1) is 9.36. The van der Waals surface area contributed by atoms with E-state index in [1.165, 1.54) is 49.9 Å². The normalized spacial score (nSPS) is 28.9. The number of hydrogen-bond donors (Lipinski definition) is 0.